The lowest BCUT2D eigenvalue weighted by molar-refractivity contribution is 0.0855. The first-order chi connectivity index (χ1) is 9.43. The molecule has 0 saturated carbocycles. The molecule has 3 rings (SSSR count). The van der Waals surface area contributed by atoms with Gasteiger partial charge >= 0.3 is 0 Å². The topological polar surface area (TPSA) is 47.4 Å². The molecule has 1 unspecified atom stereocenters. The molecule has 0 amide bonds. The van der Waals surface area contributed by atoms with E-state index in [0.29, 0.717) is 0 Å². The second kappa shape index (κ2) is 8.04. The van der Waals surface area contributed by atoms with Gasteiger partial charge in [0, 0.05) is 42.3 Å². The first-order valence-corrected chi connectivity index (χ1v) is 6.46. The van der Waals surface area contributed by atoms with Gasteiger partial charge in [-0.2, -0.15) is 0 Å². The molecule has 4 nitrogen and oxygen atoms in total. The van der Waals surface area contributed by atoms with Crippen LogP contribution in [-0.2, 0) is 4.84 Å². The van der Waals surface area contributed by atoms with Crippen LogP contribution < -0.4 is 0 Å². The van der Waals surface area contributed by atoms with Crippen molar-refractivity contribution in [3.8, 4) is 0 Å². The van der Waals surface area contributed by atoms with E-state index in [1.165, 1.54) is 0 Å². The van der Waals surface area contributed by atoms with Gasteiger partial charge in [-0.15, -0.1) is 0 Å². The lowest BCUT2D eigenvalue weighted by Crippen LogP contribution is -2.01. The highest BCUT2D eigenvalue weighted by atomic mass is 16.6. The summed E-state index contributed by atoms with van der Waals surface area (Å²) in [5.74, 6) is 0. The lowest BCUT2D eigenvalue weighted by atomic mass is 10.0. The number of oxime groups is 1. The molecule has 2 aromatic rings. The minimum atomic E-state index is -0.0214. The van der Waals surface area contributed by atoms with Gasteiger partial charge in [0.1, 0.15) is 0 Å². The van der Waals surface area contributed by atoms with Gasteiger partial charge in [0.15, 0.2) is 6.10 Å². The summed E-state index contributed by atoms with van der Waals surface area (Å²) in [4.78, 5) is 13.5. The SMILES string of the molecule is C.CC.c1cncc(C2CC(c3ccncc3)=NO2)c1. The van der Waals surface area contributed by atoms with Crippen molar-refractivity contribution in [2.45, 2.75) is 33.8 Å². The molecule has 2 aromatic heterocycles. The number of rotatable bonds is 2. The maximum atomic E-state index is 5.43. The average molecular weight is 271 g/mol. The highest BCUT2D eigenvalue weighted by Crippen LogP contribution is 2.28. The molecule has 1 atom stereocenters. The van der Waals surface area contributed by atoms with E-state index in [-0.39, 0.29) is 13.5 Å². The van der Waals surface area contributed by atoms with Crippen LogP contribution in [0.15, 0.2) is 54.2 Å². The molecule has 3 heterocycles. The van der Waals surface area contributed by atoms with Gasteiger partial charge in [-0.05, 0) is 18.2 Å². The number of nitrogens with zero attached hydrogens (tertiary/aromatic N) is 3. The summed E-state index contributed by atoms with van der Waals surface area (Å²) < 4.78 is 0. The van der Waals surface area contributed by atoms with E-state index < -0.39 is 0 Å². The molecule has 0 saturated heterocycles. The van der Waals surface area contributed by atoms with Crippen LogP contribution in [0.25, 0.3) is 0 Å². The molecule has 0 N–H and O–H groups in total. The summed E-state index contributed by atoms with van der Waals surface area (Å²) in [7, 11) is 0. The predicted molar refractivity (Wildman–Crippen MR) is 81.5 cm³/mol. The van der Waals surface area contributed by atoms with Crippen LogP contribution in [0.5, 0.6) is 0 Å². The monoisotopic (exact) mass is 271 g/mol. The molecule has 0 aromatic carbocycles. The zero-order valence-electron chi connectivity index (χ0n) is 11.2. The number of hydrogen-bond donors (Lipinski definition) is 0. The molecule has 0 fully saturated rings. The second-order valence-corrected chi connectivity index (χ2v) is 3.86. The lowest BCUT2D eigenvalue weighted by Gasteiger charge is -2.06. The zero-order valence-corrected chi connectivity index (χ0v) is 11.2. The van der Waals surface area contributed by atoms with Crippen molar-refractivity contribution in [3.05, 3.63) is 60.2 Å². The minimum absolute atomic E-state index is 0. The Kier molecular flexibility index (Phi) is 6.37. The third-order valence-electron chi connectivity index (χ3n) is 2.74. The third kappa shape index (κ3) is 3.63. The molecular weight excluding hydrogens is 250 g/mol. The van der Waals surface area contributed by atoms with Crippen molar-refractivity contribution in [1.29, 1.82) is 0 Å². The Hall–Kier alpha value is -2.23. The highest BCUT2D eigenvalue weighted by Gasteiger charge is 2.23. The summed E-state index contributed by atoms with van der Waals surface area (Å²) in [6, 6.07) is 7.79. The summed E-state index contributed by atoms with van der Waals surface area (Å²) in [6.07, 6.45) is 7.84. The van der Waals surface area contributed by atoms with Crippen LogP contribution in [0.3, 0.4) is 0 Å². The van der Waals surface area contributed by atoms with Gasteiger partial charge in [0.2, 0.25) is 0 Å². The normalized spacial score (nSPS) is 16.1. The first kappa shape index (κ1) is 15.8. The number of pyridine rings is 2. The van der Waals surface area contributed by atoms with Gasteiger partial charge in [0.05, 0.1) is 5.71 Å². The Bertz CT molecular complexity index is 526. The Morgan fingerprint density at radius 1 is 1.05 bits per heavy atom. The fourth-order valence-electron chi connectivity index (χ4n) is 1.84. The predicted octanol–water partition coefficient (Wildman–Crippen LogP) is 4.00. The molecule has 106 valence electrons. The quantitative estimate of drug-likeness (QED) is 0.829. The van der Waals surface area contributed by atoms with Gasteiger partial charge in [-0.1, -0.05) is 32.5 Å². The summed E-state index contributed by atoms with van der Waals surface area (Å²) in [5.41, 5.74) is 3.08. The van der Waals surface area contributed by atoms with Crippen molar-refractivity contribution < 1.29 is 4.84 Å². The van der Waals surface area contributed by atoms with Crippen LogP contribution in [0.4, 0.5) is 0 Å². The van der Waals surface area contributed by atoms with Gasteiger partial charge < -0.3 is 4.84 Å². The molecule has 4 heteroatoms. The van der Waals surface area contributed by atoms with E-state index in [4.69, 9.17) is 4.84 Å². The van der Waals surface area contributed by atoms with Gasteiger partial charge in [0.25, 0.3) is 0 Å². The molecule has 20 heavy (non-hydrogen) atoms. The molecule has 0 spiro atoms. The fourth-order valence-corrected chi connectivity index (χ4v) is 1.84. The van der Waals surface area contributed by atoms with E-state index in [9.17, 15) is 0 Å². The van der Waals surface area contributed by atoms with E-state index >= 15 is 0 Å². The van der Waals surface area contributed by atoms with E-state index in [2.05, 4.69) is 15.1 Å². The second-order valence-electron chi connectivity index (χ2n) is 3.86. The average Bonchev–Trinajstić information content (AvgIpc) is 3.01. The Morgan fingerprint density at radius 3 is 2.45 bits per heavy atom. The Labute approximate surface area is 120 Å². The minimum Gasteiger partial charge on any atom is -0.387 e. The van der Waals surface area contributed by atoms with Crippen LogP contribution in [0, 0.1) is 0 Å². The first-order valence-electron chi connectivity index (χ1n) is 6.46. The summed E-state index contributed by atoms with van der Waals surface area (Å²) in [5, 5.41) is 4.12. The fraction of sp³-hybridized carbons (Fsp3) is 0.312. The van der Waals surface area contributed by atoms with Crippen molar-refractivity contribution in [1.82, 2.24) is 9.97 Å². The molecule has 0 radical (unpaired) electrons. The van der Waals surface area contributed by atoms with Crippen molar-refractivity contribution in [2.75, 3.05) is 0 Å². The van der Waals surface area contributed by atoms with Gasteiger partial charge in [-0.3, -0.25) is 9.97 Å². The maximum Gasteiger partial charge on any atom is 0.159 e. The smallest absolute Gasteiger partial charge is 0.159 e. The standard InChI is InChI=1S/C13H11N3O.C2H6.CH4/c1-2-11(9-15-5-1)13-8-12(16-17-13)10-3-6-14-7-4-10;1-2;/h1-7,9,13H,8H2;1-2H3;1H4. The number of aromatic nitrogens is 2. The van der Waals surface area contributed by atoms with E-state index in [0.717, 1.165) is 23.3 Å². The molecule has 0 aliphatic carbocycles. The Balaban J connectivity index is 0.000000639. The molecule has 1 aliphatic rings. The van der Waals surface area contributed by atoms with Crippen LogP contribution in [-0.4, -0.2) is 15.7 Å². The molecule has 0 bridgehead atoms. The third-order valence-corrected chi connectivity index (χ3v) is 2.74. The van der Waals surface area contributed by atoms with Crippen molar-refractivity contribution in [2.24, 2.45) is 5.16 Å². The van der Waals surface area contributed by atoms with Crippen LogP contribution >= 0.6 is 0 Å². The summed E-state index contributed by atoms with van der Waals surface area (Å²) >= 11 is 0. The van der Waals surface area contributed by atoms with Crippen LogP contribution in [0.2, 0.25) is 0 Å². The zero-order chi connectivity index (χ0) is 13.5. The summed E-state index contributed by atoms with van der Waals surface area (Å²) in [6.45, 7) is 4.00. The van der Waals surface area contributed by atoms with Crippen molar-refractivity contribution >= 4 is 5.71 Å². The maximum absolute atomic E-state index is 5.43. The molecule has 1 aliphatic heterocycles. The highest BCUT2D eigenvalue weighted by molar-refractivity contribution is 6.01. The van der Waals surface area contributed by atoms with Crippen molar-refractivity contribution in [3.63, 3.8) is 0 Å². The van der Waals surface area contributed by atoms with Gasteiger partial charge in [-0.25, -0.2) is 0 Å². The van der Waals surface area contributed by atoms with E-state index in [1.807, 2.05) is 44.3 Å². The molecular formula is C16H21N3O. The number of hydrogen-bond acceptors (Lipinski definition) is 4. The largest absolute Gasteiger partial charge is 0.387 e. The Morgan fingerprint density at radius 2 is 1.80 bits per heavy atom. The van der Waals surface area contributed by atoms with E-state index in [1.54, 1.807) is 18.6 Å². The van der Waals surface area contributed by atoms with Crippen LogP contribution in [0.1, 0.15) is 44.9 Å².